The molecule has 0 amide bonds. The minimum Gasteiger partial charge on any atom is -0.313 e. The van der Waals surface area contributed by atoms with Crippen LogP contribution in [0.15, 0.2) is 42.5 Å². The van der Waals surface area contributed by atoms with Gasteiger partial charge in [-0.25, -0.2) is 4.39 Å². The summed E-state index contributed by atoms with van der Waals surface area (Å²) in [6, 6.07) is 13.5. The monoisotopic (exact) mass is 271 g/mol. The Morgan fingerprint density at radius 1 is 1.00 bits per heavy atom. The first-order valence-electron chi connectivity index (χ1n) is 7.33. The van der Waals surface area contributed by atoms with Gasteiger partial charge in [0.1, 0.15) is 5.82 Å². The van der Waals surface area contributed by atoms with Gasteiger partial charge in [0.2, 0.25) is 0 Å². The molecule has 0 aliphatic carbocycles. The van der Waals surface area contributed by atoms with Crippen LogP contribution in [0.4, 0.5) is 4.39 Å². The third kappa shape index (κ3) is 3.67. The summed E-state index contributed by atoms with van der Waals surface area (Å²) in [5.74, 6) is -0.154. The summed E-state index contributed by atoms with van der Waals surface area (Å²) in [6.45, 7) is 5.92. The molecule has 2 heteroatoms. The molecule has 0 atom stereocenters. The number of aryl methyl sites for hydroxylation is 1. The Balaban J connectivity index is 2.32. The zero-order chi connectivity index (χ0) is 14.4. The third-order valence-corrected chi connectivity index (χ3v) is 3.39. The Hall–Kier alpha value is -1.67. The predicted octanol–water partition coefficient (Wildman–Crippen LogP) is 4.55. The van der Waals surface area contributed by atoms with Crippen LogP contribution in [0.2, 0.25) is 0 Å². The van der Waals surface area contributed by atoms with E-state index in [9.17, 15) is 4.39 Å². The maximum atomic E-state index is 14.1. The molecule has 2 rings (SSSR count). The van der Waals surface area contributed by atoms with Crippen molar-refractivity contribution in [3.8, 4) is 11.1 Å². The Bertz CT molecular complexity index is 563. The summed E-state index contributed by atoms with van der Waals surface area (Å²) in [4.78, 5) is 0. The summed E-state index contributed by atoms with van der Waals surface area (Å²) in [5, 5.41) is 3.27. The van der Waals surface area contributed by atoms with Crippen LogP contribution in [0.5, 0.6) is 0 Å². The maximum Gasteiger partial charge on any atom is 0.131 e. The van der Waals surface area contributed by atoms with E-state index in [0.717, 1.165) is 37.1 Å². The SMILES string of the molecule is CCCc1cccc(-c2cc(CNCC)ccc2F)c1. The van der Waals surface area contributed by atoms with Gasteiger partial charge in [0.25, 0.3) is 0 Å². The molecule has 0 heterocycles. The van der Waals surface area contributed by atoms with Crippen LogP contribution < -0.4 is 5.32 Å². The molecule has 0 saturated carbocycles. The van der Waals surface area contributed by atoms with Gasteiger partial charge in [0.15, 0.2) is 0 Å². The van der Waals surface area contributed by atoms with Crippen LogP contribution in [0.3, 0.4) is 0 Å². The van der Waals surface area contributed by atoms with Crippen LogP contribution in [0, 0.1) is 5.82 Å². The van der Waals surface area contributed by atoms with Gasteiger partial charge in [-0.1, -0.05) is 50.6 Å². The van der Waals surface area contributed by atoms with Crippen molar-refractivity contribution in [2.45, 2.75) is 33.2 Å². The number of hydrogen-bond acceptors (Lipinski definition) is 1. The average Bonchev–Trinajstić information content (AvgIpc) is 2.47. The molecule has 1 nitrogen and oxygen atoms in total. The molecule has 1 N–H and O–H groups in total. The van der Waals surface area contributed by atoms with E-state index in [2.05, 4.69) is 31.3 Å². The highest BCUT2D eigenvalue weighted by Gasteiger charge is 2.07. The quantitative estimate of drug-likeness (QED) is 0.812. The van der Waals surface area contributed by atoms with Crippen molar-refractivity contribution < 1.29 is 4.39 Å². The molecule has 0 radical (unpaired) electrons. The highest BCUT2D eigenvalue weighted by molar-refractivity contribution is 5.65. The number of halogens is 1. The maximum absolute atomic E-state index is 14.1. The lowest BCUT2D eigenvalue weighted by molar-refractivity contribution is 0.629. The molecule has 20 heavy (non-hydrogen) atoms. The number of rotatable bonds is 6. The molecule has 0 unspecified atom stereocenters. The van der Waals surface area contributed by atoms with E-state index in [4.69, 9.17) is 0 Å². The van der Waals surface area contributed by atoms with Crippen LogP contribution in [0.25, 0.3) is 11.1 Å². The first-order chi connectivity index (χ1) is 9.74. The minimum absolute atomic E-state index is 0.154. The van der Waals surface area contributed by atoms with Crippen LogP contribution in [-0.2, 0) is 13.0 Å². The summed E-state index contributed by atoms with van der Waals surface area (Å²) in [6.07, 6.45) is 2.14. The normalized spacial score (nSPS) is 10.8. The lowest BCUT2D eigenvalue weighted by Crippen LogP contribution is -2.11. The zero-order valence-electron chi connectivity index (χ0n) is 12.2. The number of nitrogens with one attached hydrogen (secondary N) is 1. The molecule has 0 aliphatic heterocycles. The van der Waals surface area contributed by atoms with Crippen molar-refractivity contribution in [1.29, 1.82) is 0 Å². The standard InChI is InChI=1S/C18H22FN/c1-3-6-14-7-5-8-16(11-14)17-12-15(13-20-4-2)9-10-18(17)19/h5,7-12,20H,3-4,6,13H2,1-2H3. The second-order valence-electron chi connectivity index (χ2n) is 5.04. The lowest BCUT2D eigenvalue weighted by atomic mass is 9.99. The van der Waals surface area contributed by atoms with E-state index in [1.54, 1.807) is 6.07 Å². The molecule has 2 aromatic carbocycles. The molecule has 2 aromatic rings. The third-order valence-electron chi connectivity index (χ3n) is 3.39. The molecule has 0 saturated heterocycles. The Morgan fingerprint density at radius 3 is 2.60 bits per heavy atom. The molecule has 0 fully saturated rings. The summed E-state index contributed by atoms with van der Waals surface area (Å²) in [7, 11) is 0. The molecule has 0 aromatic heterocycles. The van der Waals surface area contributed by atoms with Crippen LogP contribution in [0.1, 0.15) is 31.4 Å². The minimum atomic E-state index is -0.154. The van der Waals surface area contributed by atoms with E-state index in [0.29, 0.717) is 5.56 Å². The van der Waals surface area contributed by atoms with Crippen LogP contribution >= 0.6 is 0 Å². The van der Waals surface area contributed by atoms with E-state index in [-0.39, 0.29) is 5.82 Å². The Morgan fingerprint density at radius 2 is 1.85 bits per heavy atom. The fraction of sp³-hybridized carbons (Fsp3) is 0.333. The number of benzene rings is 2. The molecular weight excluding hydrogens is 249 g/mol. The van der Waals surface area contributed by atoms with Gasteiger partial charge in [-0.05, 0) is 41.8 Å². The van der Waals surface area contributed by atoms with Gasteiger partial charge >= 0.3 is 0 Å². The Kier molecular flexibility index (Phi) is 5.31. The van der Waals surface area contributed by atoms with Crippen molar-refractivity contribution in [2.75, 3.05) is 6.54 Å². The largest absolute Gasteiger partial charge is 0.313 e. The van der Waals surface area contributed by atoms with Gasteiger partial charge in [-0.15, -0.1) is 0 Å². The summed E-state index contributed by atoms with van der Waals surface area (Å²) < 4.78 is 14.1. The second kappa shape index (κ2) is 7.20. The molecule has 0 aliphatic rings. The fourth-order valence-electron chi connectivity index (χ4n) is 2.36. The van der Waals surface area contributed by atoms with Crippen molar-refractivity contribution in [1.82, 2.24) is 5.32 Å². The van der Waals surface area contributed by atoms with Gasteiger partial charge in [0, 0.05) is 12.1 Å². The highest BCUT2D eigenvalue weighted by Crippen LogP contribution is 2.25. The molecule has 0 spiro atoms. The van der Waals surface area contributed by atoms with E-state index >= 15 is 0 Å². The zero-order valence-corrected chi connectivity index (χ0v) is 12.2. The summed E-state index contributed by atoms with van der Waals surface area (Å²) >= 11 is 0. The molecular formula is C18H22FN. The fourth-order valence-corrected chi connectivity index (χ4v) is 2.36. The predicted molar refractivity (Wildman–Crippen MR) is 83.2 cm³/mol. The molecule has 106 valence electrons. The Labute approximate surface area is 120 Å². The van der Waals surface area contributed by atoms with Gasteiger partial charge < -0.3 is 5.32 Å². The highest BCUT2D eigenvalue weighted by atomic mass is 19.1. The second-order valence-corrected chi connectivity index (χ2v) is 5.04. The van der Waals surface area contributed by atoms with E-state index in [1.807, 2.05) is 24.3 Å². The topological polar surface area (TPSA) is 12.0 Å². The van der Waals surface area contributed by atoms with Crippen molar-refractivity contribution in [3.63, 3.8) is 0 Å². The van der Waals surface area contributed by atoms with Crippen molar-refractivity contribution >= 4 is 0 Å². The van der Waals surface area contributed by atoms with E-state index in [1.165, 1.54) is 5.56 Å². The van der Waals surface area contributed by atoms with Gasteiger partial charge in [-0.3, -0.25) is 0 Å². The van der Waals surface area contributed by atoms with Gasteiger partial charge in [-0.2, -0.15) is 0 Å². The summed E-state index contributed by atoms with van der Waals surface area (Å²) in [5.41, 5.74) is 4.04. The van der Waals surface area contributed by atoms with Crippen molar-refractivity contribution in [2.24, 2.45) is 0 Å². The van der Waals surface area contributed by atoms with E-state index < -0.39 is 0 Å². The molecule has 0 bridgehead atoms. The lowest BCUT2D eigenvalue weighted by Gasteiger charge is -2.09. The van der Waals surface area contributed by atoms with Crippen LogP contribution in [-0.4, -0.2) is 6.54 Å². The first kappa shape index (κ1) is 14.7. The van der Waals surface area contributed by atoms with Crippen molar-refractivity contribution in [3.05, 3.63) is 59.4 Å². The smallest absolute Gasteiger partial charge is 0.131 e. The number of hydrogen-bond donors (Lipinski definition) is 1. The van der Waals surface area contributed by atoms with Gasteiger partial charge in [0.05, 0.1) is 0 Å². The average molecular weight is 271 g/mol. The first-order valence-corrected chi connectivity index (χ1v) is 7.33.